The summed E-state index contributed by atoms with van der Waals surface area (Å²) < 4.78 is 0. The van der Waals surface area contributed by atoms with E-state index in [0.29, 0.717) is 29.4 Å². The van der Waals surface area contributed by atoms with E-state index >= 15 is 0 Å². The molecular formula is C37H55NO2. The van der Waals surface area contributed by atoms with Crippen LogP contribution in [0.4, 0.5) is 5.69 Å². The number of anilines is 1. The number of phenols is 1. The molecule has 0 radical (unpaired) electrons. The Hall–Kier alpha value is -2.00. The number of rotatable bonds is 14. The molecule has 40 heavy (non-hydrogen) atoms. The van der Waals surface area contributed by atoms with Crippen LogP contribution < -0.4 is 5.73 Å². The Balaban J connectivity index is 0.928. The van der Waals surface area contributed by atoms with E-state index in [0.717, 1.165) is 24.9 Å². The van der Waals surface area contributed by atoms with Crippen molar-refractivity contribution in [1.29, 1.82) is 0 Å². The molecule has 0 spiro atoms. The van der Waals surface area contributed by atoms with Gasteiger partial charge in [0.05, 0.1) is 6.10 Å². The highest BCUT2D eigenvalue weighted by molar-refractivity contribution is 5.41. The molecule has 0 saturated heterocycles. The summed E-state index contributed by atoms with van der Waals surface area (Å²) in [5.74, 6) is 2.90. The monoisotopic (exact) mass is 545 g/mol. The van der Waals surface area contributed by atoms with E-state index in [2.05, 4.69) is 31.2 Å². The first-order chi connectivity index (χ1) is 19.5. The molecule has 5 rings (SSSR count). The van der Waals surface area contributed by atoms with E-state index < -0.39 is 0 Å². The smallest absolute Gasteiger partial charge is 0.115 e. The minimum absolute atomic E-state index is 0.107. The van der Waals surface area contributed by atoms with Crippen LogP contribution in [0.2, 0.25) is 0 Å². The van der Waals surface area contributed by atoms with Crippen molar-refractivity contribution in [1.82, 2.24) is 0 Å². The molecule has 0 unspecified atom stereocenters. The van der Waals surface area contributed by atoms with E-state index in [1.165, 1.54) is 113 Å². The predicted octanol–water partition coefficient (Wildman–Crippen LogP) is 9.34. The minimum atomic E-state index is -0.120. The Morgan fingerprint density at radius 3 is 2.27 bits per heavy atom. The van der Waals surface area contributed by atoms with Gasteiger partial charge in [-0.3, -0.25) is 0 Å². The second-order valence-electron chi connectivity index (χ2n) is 14.0. The molecule has 2 fully saturated rings. The Bertz CT molecular complexity index is 1080. The van der Waals surface area contributed by atoms with Crippen LogP contribution in [-0.2, 0) is 12.8 Å². The lowest BCUT2D eigenvalue weighted by atomic mass is 9.55. The number of unbranched alkanes of at least 4 members (excludes halogenated alkanes) is 10. The van der Waals surface area contributed by atoms with E-state index in [1.807, 2.05) is 18.2 Å². The average molecular weight is 546 g/mol. The topological polar surface area (TPSA) is 66.5 Å². The Labute approximate surface area is 244 Å². The van der Waals surface area contributed by atoms with E-state index in [-0.39, 0.29) is 11.5 Å². The summed E-state index contributed by atoms with van der Waals surface area (Å²) in [5, 5.41) is 21.4. The molecule has 0 bridgehead atoms. The number of hydrogen-bond acceptors (Lipinski definition) is 3. The molecule has 3 aliphatic rings. The lowest BCUT2D eigenvalue weighted by Gasteiger charge is -2.50. The van der Waals surface area contributed by atoms with Gasteiger partial charge in [0.15, 0.2) is 0 Å². The second-order valence-corrected chi connectivity index (χ2v) is 14.0. The van der Waals surface area contributed by atoms with Crippen LogP contribution in [-0.4, -0.2) is 16.3 Å². The normalized spacial score (nSPS) is 29.1. The van der Waals surface area contributed by atoms with Crippen molar-refractivity contribution in [2.75, 3.05) is 5.73 Å². The molecule has 0 aromatic heterocycles. The molecule has 6 atom stereocenters. The average Bonchev–Trinajstić information content (AvgIpc) is 3.20. The highest BCUT2D eigenvalue weighted by atomic mass is 16.3. The summed E-state index contributed by atoms with van der Waals surface area (Å²) in [6.07, 6.45) is 23.0. The maximum Gasteiger partial charge on any atom is 0.115 e. The molecule has 0 aliphatic heterocycles. The quantitative estimate of drug-likeness (QED) is 0.164. The molecule has 3 aliphatic carbocycles. The van der Waals surface area contributed by atoms with Crippen LogP contribution in [0, 0.1) is 23.2 Å². The van der Waals surface area contributed by atoms with Gasteiger partial charge in [-0.2, -0.15) is 0 Å². The third kappa shape index (κ3) is 6.89. The van der Waals surface area contributed by atoms with Gasteiger partial charge in [0.1, 0.15) is 5.75 Å². The summed E-state index contributed by atoms with van der Waals surface area (Å²) in [6.45, 7) is 2.41. The number of phenolic OH excluding ortho intramolecular Hbond substituents is 1. The molecule has 220 valence electrons. The maximum atomic E-state index is 11.5. The lowest BCUT2D eigenvalue weighted by molar-refractivity contribution is -0.0335. The largest absolute Gasteiger partial charge is 0.508 e. The fourth-order valence-electron chi connectivity index (χ4n) is 9.07. The van der Waals surface area contributed by atoms with Gasteiger partial charge in [-0.05, 0) is 121 Å². The number of nitrogens with two attached hydrogens (primary N) is 1. The van der Waals surface area contributed by atoms with Gasteiger partial charge in [0, 0.05) is 5.69 Å². The minimum Gasteiger partial charge on any atom is -0.508 e. The van der Waals surface area contributed by atoms with Gasteiger partial charge in [0.25, 0.3) is 0 Å². The number of fused-ring (bicyclic) bond motifs is 5. The second kappa shape index (κ2) is 13.8. The van der Waals surface area contributed by atoms with Gasteiger partial charge < -0.3 is 15.9 Å². The van der Waals surface area contributed by atoms with Crippen molar-refractivity contribution < 1.29 is 10.2 Å². The zero-order valence-electron chi connectivity index (χ0n) is 25.1. The highest BCUT2D eigenvalue weighted by Gasteiger charge is 2.57. The maximum absolute atomic E-state index is 11.5. The number of aliphatic hydroxyl groups excluding tert-OH is 1. The van der Waals surface area contributed by atoms with Gasteiger partial charge >= 0.3 is 0 Å². The molecule has 3 nitrogen and oxygen atoms in total. The van der Waals surface area contributed by atoms with Crippen molar-refractivity contribution in [3.8, 4) is 5.75 Å². The molecular weight excluding hydrogens is 490 g/mol. The summed E-state index contributed by atoms with van der Waals surface area (Å²) in [5.41, 5.74) is 11.1. The van der Waals surface area contributed by atoms with Crippen LogP contribution in [0.1, 0.15) is 132 Å². The van der Waals surface area contributed by atoms with Crippen LogP contribution >= 0.6 is 0 Å². The SMILES string of the molecule is C[C@]12CC[C@@H]3c4ccc(O)cc4CC[C@H]3[C@@H]1C[C@H](CCCCCCCCCCCCCc1cccc(N)c1)[C@@H]2O. The molecule has 4 N–H and O–H groups in total. The predicted molar refractivity (Wildman–Crippen MR) is 168 cm³/mol. The number of hydrogen-bond donors (Lipinski definition) is 3. The van der Waals surface area contributed by atoms with Crippen LogP contribution in [0.5, 0.6) is 5.75 Å². The number of aliphatic hydroxyl groups is 1. The van der Waals surface area contributed by atoms with Crippen LogP contribution in [0.3, 0.4) is 0 Å². The van der Waals surface area contributed by atoms with Crippen molar-refractivity contribution in [3.63, 3.8) is 0 Å². The summed E-state index contributed by atoms with van der Waals surface area (Å²) in [4.78, 5) is 0. The number of aryl methyl sites for hydroxylation is 2. The molecule has 2 aromatic rings. The number of nitrogen functional groups attached to an aromatic ring is 1. The number of benzene rings is 2. The molecule has 3 heteroatoms. The first-order valence-corrected chi connectivity index (χ1v) is 16.8. The third-order valence-electron chi connectivity index (χ3n) is 11.3. The fraction of sp³-hybridized carbons (Fsp3) is 0.676. The van der Waals surface area contributed by atoms with Gasteiger partial charge in [-0.15, -0.1) is 0 Å². The highest BCUT2D eigenvalue weighted by Crippen LogP contribution is 2.62. The lowest BCUT2D eigenvalue weighted by Crippen LogP contribution is -2.44. The summed E-state index contributed by atoms with van der Waals surface area (Å²) >= 11 is 0. The van der Waals surface area contributed by atoms with Crippen molar-refractivity contribution in [2.24, 2.45) is 23.2 Å². The Morgan fingerprint density at radius 2 is 1.55 bits per heavy atom. The zero-order chi connectivity index (χ0) is 28.0. The Morgan fingerprint density at radius 1 is 0.850 bits per heavy atom. The van der Waals surface area contributed by atoms with Crippen molar-refractivity contribution >= 4 is 5.69 Å². The third-order valence-corrected chi connectivity index (χ3v) is 11.3. The first-order valence-electron chi connectivity index (χ1n) is 16.8. The summed E-state index contributed by atoms with van der Waals surface area (Å²) in [6, 6.07) is 14.4. The zero-order valence-corrected chi connectivity index (χ0v) is 25.1. The van der Waals surface area contributed by atoms with Gasteiger partial charge in [-0.1, -0.05) is 89.3 Å². The van der Waals surface area contributed by atoms with Crippen molar-refractivity contribution in [3.05, 3.63) is 59.2 Å². The molecule has 0 amide bonds. The standard InChI is InChI=1S/C37H55NO2/c1-37-23-22-33-32-21-19-31(39)25-28(32)18-20-34(33)35(37)26-29(36(37)40)16-12-10-8-6-4-2-3-5-7-9-11-14-27-15-13-17-30(38)24-27/h13,15,17,19,21,24-25,29,33-36,39-40H,2-12,14,16,18,20,22-23,26,38H2,1H3/t29-,33+,34+,35-,36-,37-/m0/s1. The summed E-state index contributed by atoms with van der Waals surface area (Å²) in [7, 11) is 0. The van der Waals surface area contributed by atoms with Gasteiger partial charge in [-0.25, -0.2) is 0 Å². The van der Waals surface area contributed by atoms with Crippen molar-refractivity contribution in [2.45, 2.75) is 135 Å². The number of aromatic hydroxyl groups is 1. The van der Waals surface area contributed by atoms with Crippen LogP contribution in [0.15, 0.2) is 42.5 Å². The first kappa shape index (κ1) is 29.5. The van der Waals surface area contributed by atoms with E-state index in [1.54, 1.807) is 0 Å². The van der Waals surface area contributed by atoms with E-state index in [4.69, 9.17) is 5.73 Å². The van der Waals surface area contributed by atoms with E-state index in [9.17, 15) is 10.2 Å². The molecule has 2 saturated carbocycles. The van der Waals surface area contributed by atoms with Crippen LogP contribution in [0.25, 0.3) is 0 Å². The molecule has 0 heterocycles. The Kier molecular flexibility index (Phi) is 10.2. The molecule has 2 aromatic carbocycles. The fourth-order valence-corrected chi connectivity index (χ4v) is 9.07. The van der Waals surface area contributed by atoms with Gasteiger partial charge in [0.2, 0.25) is 0 Å².